The largest absolute Gasteiger partial charge is 0.362 e. The molecule has 94 valence electrons. The Morgan fingerprint density at radius 2 is 2.22 bits per heavy atom. The molecule has 0 radical (unpaired) electrons. The zero-order valence-corrected chi connectivity index (χ0v) is 9.68. The van der Waals surface area contributed by atoms with E-state index in [1.807, 2.05) is 6.92 Å². The smallest absolute Gasteiger partial charge is 0.141 e. The van der Waals surface area contributed by atoms with Crippen molar-refractivity contribution < 1.29 is 13.5 Å². The van der Waals surface area contributed by atoms with Gasteiger partial charge in [-0.2, -0.15) is 0 Å². The number of hydrogen-bond donors (Lipinski definition) is 0. The Balaban J connectivity index is 2.00. The number of rotatable bonds is 3. The minimum absolute atomic E-state index is 0.208. The highest BCUT2D eigenvalue weighted by Crippen LogP contribution is 2.48. The highest BCUT2D eigenvalue weighted by molar-refractivity contribution is 5.30. The Labute approximate surface area is 102 Å². The van der Waals surface area contributed by atoms with Crippen molar-refractivity contribution >= 4 is 0 Å². The van der Waals surface area contributed by atoms with E-state index in [0.29, 0.717) is 12.2 Å². The molecule has 1 saturated heterocycles. The lowest BCUT2D eigenvalue weighted by Crippen LogP contribution is -2.25. The molecule has 18 heavy (non-hydrogen) atoms. The molecule has 4 nitrogen and oxygen atoms in total. The summed E-state index contributed by atoms with van der Waals surface area (Å²) >= 11 is 0. The van der Waals surface area contributed by atoms with Crippen molar-refractivity contribution in [1.82, 2.24) is 15.0 Å². The van der Waals surface area contributed by atoms with Gasteiger partial charge in [-0.15, -0.1) is 5.10 Å². The average Bonchev–Trinajstić information content (AvgIpc) is 2.95. The van der Waals surface area contributed by atoms with Crippen LogP contribution in [0.15, 0.2) is 30.6 Å². The summed E-state index contributed by atoms with van der Waals surface area (Å²) in [4.78, 5) is 0. The van der Waals surface area contributed by atoms with E-state index < -0.39 is 17.2 Å². The number of nitrogens with zero attached hydrogens (tertiary/aromatic N) is 3. The van der Waals surface area contributed by atoms with Crippen molar-refractivity contribution in [3.63, 3.8) is 0 Å². The molecule has 1 aromatic heterocycles. The number of hydrogen-bond acceptors (Lipinski definition) is 3. The molecule has 2 atom stereocenters. The van der Waals surface area contributed by atoms with E-state index in [1.165, 1.54) is 12.1 Å². The summed E-state index contributed by atoms with van der Waals surface area (Å²) in [6, 6.07) is 3.31. The molecule has 3 rings (SSSR count). The van der Waals surface area contributed by atoms with Crippen LogP contribution in [-0.2, 0) is 10.3 Å². The maximum absolute atomic E-state index is 13.8. The first-order valence-corrected chi connectivity index (χ1v) is 5.59. The van der Waals surface area contributed by atoms with Crippen LogP contribution in [0.3, 0.4) is 0 Å². The first kappa shape index (κ1) is 11.3. The van der Waals surface area contributed by atoms with Gasteiger partial charge in [0.2, 0.25) is 0 Å². The van der Waals surface area contributed by atoms with E-state index in [2.05, 4.69) is 10.3 Å². The van der Waals surface area contributed by atoms with E-state index in [-0.39, 0.29) is 6.04 Å². The second-order valence-electron chi connectivity index (χ2n) is 4.36. The third-order valence-electron chi connectivity index (χ3n) is 3.36. The molecule has 0 saturated carbocycles. The van der Waals surface area contributed by atoms with Gasteiger partial charge in [-0.05, 0) is 13.0 Å². The van der Waals surface area contributed by atoms with Gasteiger partial charge in [0.15, 0.2) is 0 Å². The summed E-state index contributed by atoms with van der Waals surface area (Å²) in [5.74, 6) is -1.19. The molecule has 0 unspecified atom stereocenters. The van der Waals surface area contributed by atoms with E-state index in [0.717, 1.165) is 6.07 Å². The molecule has 1 aliphatic heterocycles. The van der Waals surface area contributed by atoms with Gasteiger partial charge < -0.3 is 4.74 Å². The van der Waals surface area contributed by atoms with Crippen molar-refractivity contribution in [3.8, 4) is 0 Å². The van der Waals surface area contributed by atoms with Gasteiger partial charge in [0.1, 0.15) is 17.2 Å². The maximum atomic E-state index is 13.8. The lowest BCUT2D eigenvalue weighted by atomic mass is 9.92. The van der Waals surface area contributed by atoms with Crippen molar-refractivity contribution in [2.45, 2.75) is 18.6 Å². The maximum Gasteiger partial charge on any atom is 0.141 e. The Kier molecular flexibility index (Phi) is 2.41. The number of halogens is 2. The van der Waals surface area contributed by atoms with Gasteiger partial charge in [-0.3, -0.25) is 0 Å². The van der Waals surface area contributed by atoms with Gasteiger partial charge in [0.05, 0.1) is 18.8 Å². The summed E-state index contributed by atoms with van der Waals surface area (Å²) in [6.07, 6.45) is 3.24. The summed E-state index contributed by atoms with van der Waals surface area (Å²) < 4.78 is 33.8. The summed E-state index contributed by atoms with van der Waals surface area (Å²) in [5, 5.41) is 7.60. The van der Waals surface area contributed by atoms with E-state index in [4.69, 9.17) is 4.74 Å². The second kappa shape index (κ2) is 3.84. The topological polar surface area (TPSA) is 43.2 Å². The lowest BCUT2D eigenvalue weighted by Gasteiger charge is -2.21. The van der Waals surface area contributed by atoms with Crippen LogP contribution < -0.4 is 0 Å². The first-order chi connectivity index (χ1) is 8.63. The molecule has 0 spiro atoms. The van der Waals surface area contributed by atoms with Crippen molar-refractivity contribution in [2.75, 3.05) is 6.61 Å². The predicted molar refractivity (Wildman–Crippen MR) is 58.7 cm³/mol. The third kappa shape index (κ3) is 1.60. The Morgan fingerprint density at radius 3 is 2.78 bits per heavy atom. The summed E-state index contributed by atoms with van der Waals surface area (Å²) in [5.41, 5.74) is -0.419. The minimum atomic E-state index is -0.772. The number of benzene rings is 1. The fourth-order valence-corrected chi connectivity index (χ4v) is 2.17. The quantitative estimate of drug-likeness (QED) is 0.784. The Morgan fingerprint density at radius 1 is 1.44 bits per heavy atom. The molecule has 0 bridgehead atoms. The zero-order chi connectivity index (χ0) is 12.8. The standard InChI is InChI=1S/C12H11F2N3O/c1-8(17-5-4-15-16-17)12(7-18-12)10-3-2-9(13)6-11(10)14/h2-6,8H,7H2,1H3/t8-,12-/m1/s1. The van der Waals surface area contributed by atoms with E-state index in [9.17, 15) is 8.78 Å². The van der Waals surface area contributed by atoms with Crippen LogP contribution in [0.5, 0.6) is 0 Å². The lowest BCUT2D eigenvalue weighted by molar-refractivity contribution is 0.213. The number of ether oxygens (including phenoxy) is 1. The molecule has 0 N–H and O–H groups in total. The van der Waals surface area contributed by atoms with Crippen LogP contribution in [0.4, 0.5) is 8.78 Å². The Bertz CT molecular complexity index is 567. The summed E-state index contributed by atoms with van der Waals surface area (Å²) in [7, 11) is 0. The molecule has 0 aliphatic carbocycles. The van der Waals surface area contributed by atoms with Crippen LogP contribution in [0, 0.1) is 11.6 Å². The van der Waals surface area contributed by atoms with Gasteiger partial charge >= 0.3 is 0 Å². The fourth-order valence-electron chi connectivity index (χ4n) is 2.17. The van der Waals surface area contributed by atoms with Crippen LogP contribution in [0.1, 0.15) is 18.5 Å². The molecule has 2 aromatic rings. The minimum Gasteiger partial charge on any atom is -0.362 e. The third-order valence-corrected chi connectivity index (χ3v) is 3.36. The van der Waals surface area contributed by atoms with Gasteiger partial charge in [-0.1, -0.05) is 11.3 Å². The molecule has 1 aliphatic rings. The highest BCUT2D eigenvalue weighted by Gasteiger charge is 2.54. The molecular weight excluding hydrogens is 240 g/mol. The Hall–Kier alpha value is -1.82. The van der Waals surface area contributed by atoms with E-state index >= 15 is 0 Å². The van der Waals surface area contributed by atoms with Gasteiger partial charge in [-0.25, -0.2) is 13.5 Å². The van der Waals surface area contributed by atoms with Gasteiger partial charge in [0.25, 0.3) is 0 Å². The van der Waals surface area contributed by atoms with Crippen LogP contribution in [-0.4, -0.2) is 21.6 Å². The molecule has 6 heteroatoms. The van der Waals surface area contributed by atoms with Crippen molar-refractivity contribution in [2.24, 2.45) is 0 Å². The molecule has 1 aromatic carbocycles. The molecule has 0 amide bonds. The summed E-state index contributed by atoms with van der Waals surface area (Å²) in [6.45, 7) is 2.25. The van der Waals surface area contributed by atoms with Crippen LogP contribution in [0.2, 0.25) is 0 Å². The normalized spacial score (nSPS) is 23.9. The van der Waals surface area contributed by atoms with Crippen molar-refractivity contribution in [1.29, 1.82) is 0 Å². The highest BCUT2D eigenvalue weighted by atomic mass is 19.1. The molecule has 2 heterocycles. The zero-order valence-electron chi connectivity index (χ0n) is 9.68. The van der Waals surface area contributed by atoms with Gasteiger partial charge in [0, 0.05) is 17.8 Å². The molecule has 1 fully saturated rings. The fraction of sp³-hybridized carbons (Fsp3) is 0.333. The van der Waals surface area contributed by atoms with E-state index in [1.54, 1.807) is 17.1 Å². The SMILES string of the molecule is C[C@@H](n1ccnn1)[C@@]1(c2ccc(F)cc2F)CO1. The number of epoxide rings is 1. The second-order valence-corrected chi connectivity index (χ2v) is 4.36. The first-order valence-electron chi connectivity index (χ1n) is 5.59. The van der Waals surface area contributed by atoms with Crippen LogP contribution >= 0.6 is 0 Å². The monoisotopic (exact) mass is 251 g/mol. The average molecular weight is 251 g/mol. The van der Waals surface area contributed by atoms with Crippen LogP contribution in [0.25, 0.3) is 0 Å². The molecular formula is C12H11F2N3O. The van der Waals surface area contributed by atoms with Crippen molar-refractivity contribution in [3.05, 3.63) is 47.8 Å². The predicted octanol–water partition coefficient (Wildman–Crippen LogP) is 2.04. The number of aromatic nitrogens is 3.